The molecule has 1 aromatic carbocycles. The zero-order chi connectivity index (χ0) is 28.2. The van der Waals surface area contributed by atoms with Crippen molar-refractivity contribution in [1.29, 1.82) is 0 Å². The number of benzene rings is 1. The number of fused-ring (bicyclic) bond motifs is 3. The Morgan fingerprint density at radius 3 is 2.83 bits per heavy atom. The molecule has 3 atom stereocenters. The van der Waals surface area contributed by atoms with Gasteiger partial charge in [0.1, 0.15) is 12.4 Å². The molecular formula is C31H45N5O3Si. The first-order valence-corrected chi connectivity index (χ1v) is 18.7. The third kappa shape index (κ3) is 5.40. The van der Waals surface area contributed by atoms with Crippen molar-refractivity contribution in [2.75, 3.05) is 31.8 Å². The zero-order valence-electron chi connectivity index (χ0n) is 25.0. The topological polar surface area (TPSA) is 85.3 Å². The number of hydrogen-bond donors (Lipinski definition) is 1. The summed E-state index contributed by atoms with van der Waals surface area (Å²) in [5, 5.41) is 5.07. The van der Waals surface area contributed by atoms with E-state index in [4.69, 9.17) is 19.6 Å². The van der Waals surface area contributed by atoms with Gasteiger partial charge in [-0.15, -0.1) is 0 Å². The number of nitrogens with one attached hydrogen (secondary N) is 1. The second-order valence-electron chi connectivity index (χ2n) is 14.0. The average molecular weight is 564 g/mol. The number of imidazole rings is 1. The molecule has 0 spiro atoms. The van der Waals surface area contributed by atoms with Crippen LogP contribution in [0.25, 0.3) is 22.6 Å². The van der Waals surface area contributed by atoms with E-state index in [9.17, 15) is 4.79 Å². The van der Waals surface area contributed by atoms with Crippen LogP contribution in [0.3, 0.4) is 0 Å². The molecule has 3 heterocycles. The van der Waals surface area contributed by atoms with E-state index in [1.807, 2.05) is 25.2 Å². The summed E-state index contributed by atoms with van der Waals surface area (Å²) in [5.74, 6) is 2.03. The second-order valence-corrected chi connectivity index (χ2v) is 19.6. The number of H-pyrrole nitrogens is 1. The summed E-state index contributed by atoms with van der Waals surface area (Å²) in [5.41, 5.74) is 6.67. The number of nitrogens with zero attached hydrogens (tertiary/aromatic N) is 4. The van der Waals surface area contributed by atoms with Gasteiger partial charge in [-0.3, -0.25) is 4.79 Å². The summed E-state index contributed by atoms with van der Waals surface area (Å²) < 4.78 is 13.7. The monoisotopic (exact) mass is 563 g/mol. The van der Waals surface area contributed by atoms with Crippen molar-refractivity contribution in [3.05, 3.63) is 29.5 Å². The number of ether oxygens (including phenoxy) is 2. The molecule has 40 heavy (non-hydrogen) atoms. The van der Waals surface area contributed by atoms with Crippen LogP contribution in [-0.2, 0) is 33.8 Å². The molecule has 216 valence electrons. The molecule has 1 N–H and O–H groups in total. The van der Waals surface area contributed by atoms with Crippen molar-refractivity contribution < 1.29 is 14.3 Å². The van der Waals surface area contributed by atoms with Gasteiger partial charge in [-0.25, -0.2) is 9.67 Å². The number of carbonyl (C=O) groups excluding carboxylic acids is 1. The van der Waals surface area contributed by atoms with Crippen molar-refractivity contribution in [1.82, 2.24) is 19.7 Å². The molecule has 2 fully saturated rings. The highest BCUT2D eigenvalue weighted by atomic mass is 28.3. The summed E-state index contributed by atoms with van der Waals surface area (Å²) in [6.45, 7) is 14.4. The lowest BCUT2D eigenvalue weighted by Gasteiger charge is -2.30. The molecule has 0 bridgehead atoms. The Kier molecular flexibility index (Phi) is 7.20. The summed E-state index contributed by atoms with van der Waals surface area (Å²) in [6.07, 6.45) is 5.29. The minimum Gasteiger partial charge on any atom is -0.381 e. The lowest BCUT2D eigenvalue weighted by Crippen LogP contribution is -2.37. The molecule has 1 aliphatic heterocycles. The number of hydrogen-bond acceptors (Lipinski definition) is 5. The van der Waals surface area contributed by atoms with E-state index >= 15 is 0 Å². The molecule has 1 saturated carbocycles. The van der Waals surface area contributed by atoms with E-state index < -0.39 is 8.07 Å². The van der Waals surface area contributed by atoms with Gasteiger partial charge in [-0.2, -0.15) is 5.10 Å². The predicted octanol–water partition coefficient (Wildman–Crippen LogP) is 5.89. The first-order chi connectivity index (χ1) is 19.0. The van der Waals surface area contributed by atoms with Crippen molar-refractivity contribution in [2.45, 2.75) is 78.4 Å². The Balaban J connectivity index is 1.24. The van der Waals surface area contributed by atoms with Crippen molar-refractivity contribution in [2.24, 2.45) is 23.2 Å². The van der Waals surface area contributed by atoms with E-state index in [1.54, 1.807) is 4.90 Å². The molecule has 1 saturated heterocycles. The van der Waals surface area contributed by atoms with Gasteiger partial charge in [-0.1, -0.05) is 33.5 Å². The minimum atomic E-state index is -1.14. The Morgan fingerprint density at radius 2 is 2.08 bits per heavy atom. The fourth-order valence-corrected chi connectivity index (χ4v) is 7.36. The number of rotatable bonds is 9. The van der Waals surface area contributed by atoms with Crippen molar-refractivity contribution in [3.63, 3.8) is 0 Å². The van der Waals surface area contributed by atoms with Crippen LogP contribution in [-0.4, -0.2) is 60.6 Å². The second kappa shape index (κ2) is 10.4. The van der Waals surface area contributed by atoms with E-state index in [0.29, 0.717) is 18.1 Å². The smallest absolute Gasteiger partial charge is 0.229 e. The maximum absolute atomic E-state index is 13.3. The normalized spacial score (nSPS) is 23.6. The minimum absolute atomic E-state index is 0.0316. The lowest BCUT2D eigenvalue weighted by molar-refractivity contribution is -0.124. The molecule has 1 amide bonds. The Labute approximate surface area is 238 Å². The van der Waals surface area contributed by atoms with Gasteiger partial charge in [0.25, 0.3) is 0 Å². The quantitative estimate of drug-likeness (QED) is 0.259. The van der Waals surface area contributed by atoms with Crippen LogP contribution in [0.1, 0.15) is 44.4 Å². The highest BCUT2D eigenvalue weighted by Crippen LogP contribution is 2.60. The molecule has 0 radical (unpaired) electrons. The van der Waals surface area contributed by atoms with Crippen LogP contribution >= 0.6 is 0 Å². The predicted molar refractivity (Wildman–Crippen MR) is 161 cm³/mol. The molecule has 1 unspecified atom stereocenters. The molecule has 9 heteroatoms. The number of aromatic amines is 1. The van der Waals surface area contributed by atoms with Crippen LogP contribution in [0.4, 0.5) is 5.69 Å². The van der Waals surface area contributed by atoms with Crippen LogP contribution < -0.4 is 4.90 Å². The summed E-state index contributed by atoms with van der Waals surface area (Å²) in [6, 6.07) is 7.21. The van der Waals surface area contributed by atoms with Crippen LogP contribution in [0.15, 0.2) is 18.2 Å². The molecule has 3 aromatic rings. The molecule has 2 aromatic heterocycles. The van der Waals surface area contributed by atoms with E-state index in [2.05, 4.69) is 43.2 Å². The van der Waals surface area contributed by atoms with Crippen molar-refractivity contribution in [3.8, 4) is 11.5 Å². The third-order valence-corrected chi connectivity index (χ3v) is 11.4. The molecule has 2 aliphatic carbocycles. The zero-order valence-corrected chi connectivity index (χ0v) is 26.0. The van der Waals surface area contributed by atoms with Gasteiger partial charge in [0.05, 0.1) is 11.0 Å². The largest absolute Gasteiger partial charge is 0.381 e. The molecular weight excluding hydrogens is 518 g/mol. The number of carbonyl (C=O) groups is 1. The third-order valence-electron chi connectivity index (χ3n) is 9.71. The molecule has 8 nitrogen and oxygen atoms in total. The number of anilines is 1. The summed E-state index contributed by atoms with van der Waals surface area (Å²) in [4.78, 5) is 23.7. The fourth-order valence-electron chi connectivity index (χ4n) is 6.61. The standard InChI is InChI=1S/C31H45N5O3Si/c1-20(21-9-11-38-12-10-21)30(37)35(3)23-7-8-25-26(16-23)33-29(32-25)28-24-15-22-17-31(22,2)18-27(24)36(34-28)19-39-13-14-40(4,5)6/h7-8,16,20-22H,9-15,17-19H2,1-6H3,(H,32,33)/t20?,22-,31-/m1/s1. The van der Waals surface area contributed by atoms with E-state index in [1.165, 1.54) is 17.7 Å². The SMILES string of the molecule is CC(C(=O)N(C)c1ccc2[nH]c(-c3nn(COCC[Si](C)(C)C)c4c3C[C@@H]3C[C@]3(C)C4)nc2c1)C1CCOCC1. The van der Waals surface area contributed by atoms with Crippen LogP contribution in [0.2, 0.25) is 25.7 Å². The fraction of sp³-hybridized carbons (Fsp3) is 0.645. The average Bonchev–Trinajstić information content (AvgIpc) is 3.24. The Morgan fingerprint density at radius 1 is 1.30 bits per heavy atom. The van der Waals surface area contributed by atoms with Crippen molar-refractivity contribution >= 4 is 30.7 Å². The first-order valence-electron chi connectivity index (χ1n) is 15.0. The highest BCUT2D eigenvalue weighted by Gasteiger charge is 2.54. The summed E-state index contributed by atoms with van der Waals surface area (Å²) >= 11 is 0. The highest BCUT2D eigenvalue weighted by molar-refractivity contribution is 6.76. The van der Waals surface area contributed by atoms with Gasteiger partial charge >= 0.3 is 0 Å². The molecule has 3 aliphatic rings. The Bertz CT molecular complexity index is 1400. The van der Waals surface area contributed by atoms with Gasteiger partial charge in [-0.05, 0) is 73.6 Å². The maximum atomic E-state index is 13.3. The van der Waals surface area contributed by atoms with Crippen LogP contribution in [0, 0.1) is 23.2 Å². The summed E-state index contributed by atoms with van der Waals surface area (Å²) in [7, 11) is 0.733. The van der Waals surface area contributed by atoms with Gasteiger partial charge in [0.15, 0.2) is 5.82 Å². The first kappa shape index (κ1) is 27.7. The Hall–Kier alpha value is -2.49. The van der Waals surface area contributed by atoms with Gasteiger partial charge in [0, 0.05) is 57.8 Å². The lowest BCUT2D eigenvalue weighted by atomic mass is 9.86. The van der Waals surface area contributed by atoms with E-state index in [0.717, 1.165) is 85.7 Å². The maximum Gasteiger partial charge on any atom is 0.229 e. The van der Waals surface area contributed by atoms with Crippen LogP contribution in [0.5, 0.6) is 0 Å². The molecule has 6 rings (SSSR count). The van der Waals surface area contributed by atoms with E-state index in [-0.39, 0.29) is 11.8 Å². The van der Waals surface area contributed by atoms with Gasteiger partial charge in [0.2, 0.25) is 5.91 Å². The van der Waals surface area contributed by atoms with Gasteiger partial charge < -0.3 is 19.4 Å². The number of aromatic nitrogens is 4. The number of amides is 1.